The lowest BCUT2D eigenvalue weighted by Gasteiger charge is -2.40. The predicted octanol–water partition coefficient (Wildman–Crippen LogP) is 3.76. The molecule has 0 unspecified atom stereocenters. The van der Waals surface area contributed by atoms with Crippen LogP contribution in [0, 0.1) is 3.57 Å². The van der Waals surface area contributed by atoms with Gasteiger partial charge in [0.1, 0.15) is 5.60 Å². The SMILES string of the molecule is C[C@H]1CN(C(=O)OC(C)(C)C)CCN1C(=O)Nc1ccccc1I. The first kappa shape index (κ1) is 18.8. The van der Waals surface area contributed by atoms with Gasteiger partial charge in [-0.1, -0.05) is 12.1 Å². The lowest BCUT2D eigenvalue weighted by Crippen LogP contribution is -2.57. The summed E-state index contributed by atoms with van der Waals surface area (Å²) in [7, 11) is 0. The average molecular weight is 445 g/mol. The quantitative estimate of drug-likeness (QED) is 0.670. The number of amides is 3. The first-order valence-corrected chi connectivity index (χ1v) is 9.05. The largest absolute Gasteiger partial charge is 0.444 e. The molecular weight excluding hydrogens is 421 g/mol. The zero-order valence-electron chi connectivity index (χ0n) is 14.5. The summed E-state index contributed by atoms with van der Waals surface area (Å²) in [5, 5.41) is 2.94. The Hall–Kier alpha value is -1.51. The second kappa shape index (κ2) is 7.58. The molecule has 1 heterocycles. The Kier molecular flexibility index (Phi) is 5.95. The number of carbonyl (C=O) groups is 2. The minimum Gasteiger partial charge on any atom is -0.444 e. The molecule has 6 nitrogen and oxygen atoms in total. The van der Waals surface area contributed by atoms with Crippen molar-refractivity contribution in [2.75, 3.05) is 25.0 Å². The molecule has 0 aliphatic carbocycles. The molecule has 0 saturated carbocycles. The lowest BCUT2D eigenvalue weighted by molar-refractivity contribution is 0.0112. The number of carbonyl (C=O) groups excluding carboxylic acids is 2. The molecule has 0 radical (unpaired) electrons. The molecule has 1 aliphatic heterocycles. The summed E-state index contributed by atoms with van der Waals surface area (Å²) in [6, 6.07) is 7.42. The van der Waals surface area contributed by atoms with Crippen molar-refractivity contribution in [1.29, 1.82) is 0 Å². The molecule has 1 N–H and O–H groups in total. The lowest BCUT2D eigenvalue weighted by atomic mass is 10.2. The van der Waals surface area contributed by atoms with Gasteiger partial charge in [-0.05, 0) is 62.4 Å². The fourth-order valence-corrected chi connectivity index (χ4v) is 3.02. The maximum Gasteiger partial charge on any atom is 0.410 e. The van der Waals surface area contributed by atoms with Gasteiger partial charge in [0.2, 0.25) is 0 Å². The van der Waals surface area contributed by atoms with Gasteiger partial charge in [0.15, 0.2) is 0 Å². The van der Waals surface area contributed by atoms with Crippen LogP contribution < -0.4 is 5.32 Å². The van der Waals surface area contributed by atoms with Gasteiger partial charge in [0.05, 0.1) is 5.69 Å². The summed E-state index contributed by atoms with van der Waals surface area (Å²) >= 11 is 2.19. The Morgan fingerprint density at radius 1 is 1.25 bits per heavy atom. The third-order valence-electron chi connectivity index (χ3n) is 3.66. The van der Waals surface area contributed by atoms with E-state index in [2.05, 4.69) is 27.9 Å². The van der Waals surface area contributed by atoms with Crippen LogP contribution in [0.25, 0.3) is 0 Å². The van der Waals surface area contributed by atoms with E-state index in [1.165, 1.54) is 0 Å². The minimum absolute atomic E-state index is 0.0763. The first-order valence-electron chi connectivity index (χ1n) is 7.97. The number of anilines is 1. The van der Waals surface area contributed by atoms with Crippen LogP contribution in [0.15, 0.2) is 24.3 Å². The van der Waals surface area contributed by atoms with Crippen molar-refractivity contribution >= 4 is 40.4 Å². The standard InChI is InChI=1S/C17H24IN3O3/c1-12-11-20(16(23)24-17(2,3)4)9-10-21(12)15(22)19-14-8-6-5-7-13(14)18/h5-8,12H,9-11H2,1-4H3,(H,19,22)/t12-/m0/s1. The van der Waals surface area contributed by atoms with Crippen molar-refractivity contribution in [1.82, 2.24) is 9.80 Å². The highest BCUT2D eigenvalue weighted by atomic mass is 127. The fourth-order valence-electron chi connectivity index (χ4n) is 2.50. The van der Waals surface area contributed by atoms with Gasteiger partial charge in [-0.2, -0.15) is 0 Å². The maximum atomic E-state index is 12.5. The van der Waals surface area contributed by atoms with Crippen molar-refractivity contribution in [3.63, 3.8) is 0 Å². The third kappa shape index (κ3) is 4.99. The van der Waals surface area contributed by atoms with Gasteiger partial charge in [-0.3, -0.25) is 0 Å². The number of benzene rings is 1. The number of hydrogen-bond donors (Lipinski definition) is 1. The summed E-state index contributed by atoms with van der Waals surface area (Å²) in [4.78, 5) is 28.1. The van der Waals surface area contributed by atoms with Gasteiger partial charge < -0.3 is 19.9 Å². The Labute approximate surface area is 156 Å². The van der Waals surface area contributed by atoms with Gasteiger partial charge >= 0.3 is 12.1 Å². The van der Waals surface area contributed by atoms with Crippen LogP contribution in [0.3, 0.4) is 0 Å². The number of nitrogens with one attached hydrogen (secondary N) is 1. The summed E-state index contributed by atoms with van der Waals surface area (Å²) in [5.41, 5.74) is 0.281. The molecule has 1 fully saturated rings. The Morgan fingerprint density at radius 3 is 2.50 bits per heavy atom. The Balaban J connectivity index is 1.94. The molecule has 1 aromatic rings. The van der Waals surface area contributed by atoms with Gasteiger partial charge in [0, 0.05) is 29.2 Å². The van der Waals surface area contributed by atoms with Crippen molar-refractivity contribution in [3.05, 3.63) is 27.8 Å². The number of rotatable bonds is 1. The van der Waals surface area contributed by atoms with Gasteiger partial charge in [0.25, 0.3) is 0 Å². The van der Waals surface area contributed by atoms with E-state index in [1.807, 2.05) is 52.0 Å². The molecule has 2 rings (SSSR count). The molecule has 1 saturated heterocycles. The summed E-state index contributed by atoms with van der Waals surface area (Å²) < 4.78 is 6.39. The van der Waals surface area contributed by atoms with Crippen LogP contribution in [0.4, 0.5) is 15.3 Å². The van der Waals surface area contributed by atoms with E-state index in [-0.39, 0.29) is 18.2 Å². The number of hydrogen-bond acceptors (Lipinski definition) is 3. The molecule has 3 amide bonds. The fraction of sp³-hybridized carbons (Fsp3) is 0.529. The normalized spacial score (nSPS) is 18.3. The van der Waals surface area contributed by atoms with Gasteiger partial charge in [-0.15, -0.1) is 0 Å². The predicted molar refractivity (Wildman–Crippen MR) is 102 cm³/mol. The van der Waals surface area contributed by atoms with Crippen LogP contribution in [-0.2, 0) is 4.74 Å². The second-order valence-electron chi connectivity index (χ2n) is 6.88. The van der Waals surface area contributed by atoms with E-state index < -0.39 is 5.60 Å². The Morgan fingerprint density at radius 2 is 1.92 bits per heavy atom. The first-order chi connectivity index (χ1) is 11.2. The van der Waals surface area contributed by atoms with Crippen LogP contribution in [0.5, 0.6) is 0 Å². The molecular formula is C17H24IN3O3. The molecule has 1 aliphatic rings. The van der Waals surface area contributed by atoms with E-state index >= 15 is 0 Å². The zero-order valence-corrected chi connectivity index (χ0v) is 16.7. The van der Waals surface area contributed by atoms with E-state index in [0.717, 1.165) is 9.26 Å². The van der Waals surface area contributed by atoms with Crippen molar-refractivity contribution in [2.45, 2.75) is 39.3 Å². The van der Waals surface area contributed by atoms with E-state index in [9.17, 15) is 9.59 Å². The third-order valence-corrected chi connectivity index (χ3v) is 4.60. The smallest absolute Gasteiger partial charge is 0.410 e. The molecule has 1 aromatic carbocycles. The molecule has 7 heteroatoms. The van der Waals surface area contributed by atoms with Crippen LogP contribution in [0.1, 0.15) is 27.7 Å². The maximum absolute atomic E-state index is 12.5. The second-order valence-corrected chi connectivity index (χ2v) is 8.04. The van der Waals surface area contributed by atoms with Gasteiger partial charge in [-0.25, -0.2) is 9.59 Å². The zero-order chi connectivity index (χ0) is 17.9. The number of halogens is 1. The number of nitrogens with zero attached hydrogens (tertiary/aromatic N) is 2. The number of piperazine rings is 1. The highest BCUT2D eigenvalue weighted by Crippen LogP contribution is 2.19. The Bertz CT molecular complexity index is 615. The minimum atomic E-state index is -0.515. The monoisotopic (exact) mass is 445 g/mol. The van der Waals surface area contributed by atoms with Crippen molar-refractivity contribution in [3.8, 4) is 0 Å². The molecule has 0 bridgehead atoms. The van der Waals surface area contributed by atoms with Crippen LogP contribution in [-0.4, -0.2) is 53.2 Å². The van der Waals surface area contributed by atoms with E-state index in [1.54, 1.807) is 9.80 Å². The summed E-state index contributed by atoms with van der Waals surface area (Å²) in [5.74, 6) is 0. The van der Waals surface area contributed by atoms with Crippen molar-refractivity contribution in [2.24, 2.45) is 0 Å². The number of urea groups is 1. The van der Waals surface area contributed by atoms with Crippen molar-refractivity contribution < 1.29 is 14.3 Å². The average Bonchev–Trinajstić information content (AvgIpc) is 2.47. The molecule has 24 heavy (non-hydrogen) atoms. The number of ether oxygens (including phenoxy) is 1. The highest BCUT2D eigenvalue weighted by Gasteiger charge is 2.32. The molecule has 0 spiro atoms. The van der Waals surface area contributed by atoms with Crippen LogP contribution >= 0.6 is 22.6 Å². The molecule has 0 aromatic heterocycles. The van der Waals surface area contributed by atoms with E-state index in [0.29, 0.717) is 19.6 Å². The summed E-state index contributed by atoms with van der Waals surface area (Å²) in [6.45, 7) is 8.90. The van der Waals surface area contributed by atoms with Crippen LogP contribution in [0.2, 0.25) is 0 Å². The molecule has 132 valence electrons. The molecule has 1 atom stereocenters. The summed E-state index contributed by atoms with van der Waals surface area (Å²) in [6.07, 6.45) is -0.327. The highest BCUT2D eigenvalue weighted by molar-refractivity contribution is 14.1. The topological polar surface area (TPSA) is 61.9 Å². The number of para-hydroxylation sites is 1. The van der Waals surface area contributed by atoms with E-state index in [4.69, 9.17) is 4.74 Å².